The summed E-state index contributed by atoms with van der Waals surface area (Å²) in [4.78, 5) is -0.0380. The number of hydrogen-bond acceptors (Lipinski definition) is 5. The molecule has 0 bridgehead atoms. The summed E-state index contributed by atoms with van der Waals surface area (Å²) in [7, 11) is -7.56. The normalized spacial score (nSPS) is 20.0. The molecule has 0 amide bonds. The van der Waals surface area contributed by atoms with Crippen molar-refractivity contribution >= 4 is 43.1 Å². The summed E-state index contributed by atoms with van der Waals surface area (Å²) in [6, 6.07) is 21.4. The van der Waals surface area contributed by atoms with Crippen LogP contribution in [0.25, 0.3) is 0 Å². The summed E-state index contributed by atoms with van der Waals surface area (Å²) in [6.45, 7) is 0.441. The molecule has 0 radical (unpaired) electrons. The van der Waals surface area contributed by atoms with Crippen LogP contribution in [-0.2, 0) is 33.0 Å². The average Bonchev–Trinajstić information content (AvgIpc) is 3.13. The van der Waals surface area contributed by atoms with E-state index in [-0.39, 0.29) is 33.0 Å². The van der Waals surface area contributed by atoms with E-state index < -0.39 is 31.9 Å². The third kappa shape index (κ3) is 5.82. The van der Waals surface area contributed by atoms with Crippen LogP contribution in [0, 0.1) is 0 Å². The lowest BCUT2D eigenvalue weighted by molar-refractivity contribution is 0.286. The summed E-state index contributed by atoms with van der Waals surface area (Å²) in [6.07, 6.45) is 0. The highest BCUT2D eigenvalue weighted by Crippen LogP contribution is 2.31. The highest BCUT2D eigenvalue weighted by atomic mass is 35.5. The number of hydrogen-bond donors (Lipinski definition) is 1. The smallest absolute Gasteiger partial charge is 0.243 e. The minimum atomic E-state index is -4.10. The molecule has 0 saturated carbocycles. The zero-order valence-electron chi connectivity index (χ0n) is 18.1. The molecule has 1 heterocycles. The van der Waals surface area contributed by atoms with Gasteiger partial charge in [-0.2, -0.15) is 4.31 Å². The molecule has 1 N–H and O–H groups in total. The standard InChI is InChI=1S/C24H24Cl2N2O4S2/c25-21-12-11-20(13-22(21)26)34(31,32)28(15-19-9-5-2-6-10-19)24-17-33(29,30)16-23(24)27-14-18-7-3-1-4-8-18/h1-13,23-24,27H,14-17H2/t23-,24+/m1/s1. The monoisotopic (exact) mass is 538 g/mol. The van der Waals surface area contributed by atoms with Gasteiger partial charge in [-0.1, -0.05) is 83.9 Å². The van der Waals surface area contributed by atoms with E-state index in [2.05, 4.69) is 5.32 Å². The molecule has 10 heteroatoms. The summed E-state index contributed by atoms with van der Waals surface area (Å²) >= 11 is 12.1. The largest absolute Gasteiger partial charge is 0.307 e. The van der Waals surface area contributed by atoms with E-state index >= 15 is 0 Å². The molecule has 6 nitrogen and oxygen atoms in total. The molecule has 0 aliphatic carbocycles. The summed E-state index contributed by atoms with van der Waals surface area (Å²) in [5.74, 6) is -0.417. The molecule has 2 atom stereocenters. The number of nitrogens with one attached hydrogen (secondary N) is 1. The molecule has 1 saturated heterocycles. The Balaban J connectivity index is 1.72. The fourth-order valence-corrected chi connectivity index (χ4v) is 8.16. The Morgan fingerprint density at radius 1 is 0.853 bits per heavy atom. The molecule has 1 aliphatic heterocycles. The van der Waals surface area contributed by atoms with Crippen LogP contribution in [0.4, 0.5) is 0 Å². The SMILES string of the molecule is O=S1(=O)C[C@@H](NCc2ccccc2)[C@@H](N(Cc2ccccc2)S(=O)(=O)c2ccc(Cl)c(Cl)c2)C1. The predicted octanol–water partition coefficient (Wildman–Crippen LogP) is 4.14. The van der Waals surface area contributed by atoms with E-state index in [0.717, 1.165) is 11.1 Å². The topological polar surface area (TPSA) is 83.6 Å². The second-order valence-electron chi connectivity index (χ2n) is 8.23. The lowest BCUT2D eigenvalue weighted by Gasteiger charge is -2.32. The van der Waals surface area contributed by atoms with Crippen LogP contribution in [0.1, 0.15) is 11.1 Å². The van der Waals surface area contributed by atoms with Crippen LogP contribution in [0.15, 0.2) is 83.8 Å². The third-order valence-electron chi connectivity index (χ3n) is 5.78. The first-order valence-electron chi connectivity index (χ1n) is 10.6. The number of sulfone groups is 1. The summed E-state index contributed by atoms with van der Waals surface area (Å²) in [5, 5.41) is 3.63. The molecule has 180 valence electrons. The van der Waals surface area contributed by atoms with Crippen molar-refractivity contribution in [2.75, 3.05) is 11.5 Å². The van der Waals surface area contributed by atoms with Crippen molar-refractivity contribution < 1.29 is 16.8 Å². The number of benzene rings is 3. The molecule has 0 spiro atoms. The van der Waals surface area contributed by atoms with E-state index in [4.69, 9.17) is 23.2 Å². The van der Waals surface area contributed by atoms with Crippen LogP contribution < -0.4 is 5.32 Å². The number of nitrogens with zero attached hydrogens (tertiary/aromatic N) is 1. The molecular weight excluding hydrogens is 515 g/mol. The van der Waals surface area contributed by atoms with Crippen molar-refractivity contribution in [2.24, 2.45) is 0 Å². The van der Waals surface area contributed by atoms with Gasteiger partial charge in [0.1, 0.15) is 0 Å². The van der Waals surface area contributed by atoms with Gasteiger partial charge < -0.3 is 5.32 Å². The molecular formula is C24H24Cl2N2O4S2. The average molecular weight is 540 g/mol. The predicted molar refractivity (Wildman–Crippen MR) is 135 cm³/mol. The van der Waals surface area contributed by atoms with Gasteiger partial charge in [-0.15, -0.1) is 0 Å². The highest BCUT2D eigenvalue weighted by Gasteiger charge is 2.45. The summed E-state index contributed by atoms with van der Waals surface area (Å²) in [5.41, 5.74) is 1.73. The summed E-state index contributed by atoms with van der Waals surface area (Å²) < 4.78 is 54.3. The molecule has 4 rings (SSSR count). The van der Waals surface area contributed by atoms with Gasteiger partial charge in [0.25, 0.3) is 0 Å². The first-order valence-corrected chi connectivity index (χ1v) is 14.7. The van der Waals surface area contributed by atoms with Crippen LogP contribution in [0.2, 0.25) is 10.0 Å². The second-order valence-corrected chi connectivity index (χ2v) is 13.1. The van der Waals surface area contributed by atoms with Crippen molar-refractivity contribution in [3.63, 3.8) is 0 Å². The first kappa shape index (κ1) is 25.2. The van der Waals surface area contributed by atoms with E-state index in [1.807, 2.05) is 60.7 Å². The maximum Gasteiger partial charge on any atom is 0.243 e. The lowest BCUT2D eigenvalue weighted by Crippen LogP contribution is -2.51. The molecule has 1 aliphatic rings. The minimum Gasteiger partial charge on any atom is -0.307 e. The van der Waals surface area contributed by atoms with Gasteiger partial charge >= 0.3 is 0 Å². The molecule has 3 aromatic carbocycles. The number of sulfonamides is 1. The number of halogens is 2. The quantitative estimate of drug-likeness (QED) is 0.465. The van der Waals surface area contributed by atoms with Crippen molar-refractivity contribution in [3.8, 4) is 0 Å². The van der Waals surface area contributed by atoms with Gasteiger partial charge in [-0.25, -0.2) is 16.8 Å². The fraction of sp³-hybridized carbons (Fsp3) is 0.250. The molecule has 1 fully saturated rings. The maximum absolute atomic E-state index is 13.8. The Kier molecular flexibility index (Phi) is 7.66. The fourth-order valence-electron chi connectivity index (χ4n) is 4.07. The van der Waals surface area contributed by atoms with Gasteiger partial charge in [0, 0.05) is 19.1 Å². The van der Waals surface area contributed by atoms with Gasteiger partial charge in [0.05, 0.1) is 32.5 Å². The van der Waals surface area contributed by atoms with Crippen molar-refractivity contribution in [1.29, 1.82) is 0 Å². The van der Waals surface area contributed by atoms with Crippen molar-refractivity contribution in [3.05, 3.63) is 100 Å². The minimum absolute atomic E-state index is 0.0210. The Bertz CT molecular complexity index is 1350. The Morgan fingerprint density at radius 3 is 2.09 bits per heavy atom. The van der Waals surface area contributed by atoms with Crippen molar-refractivity contribution in [2.45, 2.75) is 30.1 Å². The first-order chi connectivity index (χ1) is 16.2. The Morgan fingerprint density at radius 2 is 1.47 bits per heavy atom. The van der Waals surface area contributed by atoms with Gasteiger partial charge in [0.15, 0.2) is 9.84 Å². The van der Waals surface area contributed by atoms with E-state index in [1.54, 1.807) is 0 Å². The van der Waals surface area contributed by atoms with Gasteiger partial charge in [-0.05, 0) is 29.3 Å². The molecule has 0 unspecified atom stereocenters. The number of rotatable bonds is 8. The molecule has 3 aromatic rings. The van der Waals surface area contributed by atoms with Crippen molar-refractivity contribution in [1.82, 2.24) is 9.62 Å². The van der Waals surface area contributed by atoms with Crippen LogP contribution in [0.5, 0.6) is 0 Å². The zero-order chi connectivity index (χ0) is 24.3. The van der Waals surface area contributed by atoms with Crippen LogP contribution in [-0.4, -0.2) is 44.7 Å². The Hall–Kier alpha value is -1.94. The lowest BCUT2D eigenvalue weighted by atomic mass is 10.1. The van der Waals surface area contributed by atoms with Gasteiger partial charge in [-0.3, -0.25) is 0 Å². The van der Waals surface area contributed by atoms with Crippen LogP contribution in [0.3, 0.4) is 0 Å². The van der Waals surface area contributed by atoms with Crippen LogP contribution >= 0.6 is 23.2 Å². The molecule has 0 aromatic heterocycles. The highest BCUT2D eigenvalue weighted by molar-refractivity contribution is 7.92. The van der Waals surface area contributed by atoms with E-state index in [9.17, 15) is 16.8 Å². The maximum atomic E-state index is 13.8. The third-order valence-corrected chi connectivity index (χ3v) is 10.1. The van der Waals surface area contributed by atoms with Gasteiger partial charge in [0.2, 0.25) is 10.0 Å². The second kappa shape index (κ2) is 10.4. The molecule has 34 heavy (non-hydrogen) atoms. The van der Waals surface area contributed by atoms with E-state index in [0.29, 0.717) is 6.54 Å². The zero-order valence-corrected chi connectivity index (χ0v) is 21.3. The Labute approximate surface area is 210 Å². The van der Waals surface area contributed by atoms with E-state index in [1.165, 1.54) is 22.5 Å².